The molecular formula is C19H20O7. The van der Waals surface area contributed by atoms with Gasteiger partial charge in [-0.25, -0.2) is 9.59 Å². The van der Waals surface area contributed by atoms with Crippen molar-refractivity contribution >= 4 is 11.9 Å². The van der Waals surface area contributed by atoms with Gasteiger partial charge in [0.2, 0.25) is 0 Å². The maximum absolute atomic E-state index is 12.3. The molecule has 2 aromatic carbocycles. The average Bonchev–Trinajstić information content (AvgIpc) is 2.70. The fourth-order valence-corrected chi connectivity index (χ4v) is 2.07. The minimum absolute atomic E-state index is 0.118. The molecule has 0 amide bonds. The van der Waals surface area contributed by atoms with Crippen molar-refractivity contribution in [3.63, 3.8) is 0 Å². The quantitative estimate of drug-likeness (QED) is 0.669. The van der Waals surface area contributed by atoms with Crippen LogP contribution in [0, 0.1) is 0 Å². The van der Waals surface area contributed by atoms with E-state index in [9.17, 15) is 9.59 Å². The zero-order chi connectivity index (χ0) is 18.9. The molecule has 7 nitrogen and oxygen atoms in total. The van der Waals surface area contributed by atoms with Crippen LogP contribution in [0.2, 0.25) is 0 Å². The SMILES string of the molecule is COC(=O)COc1cc(C(=O)OCc2ccc(OC)cc2)ccc1OC. The summed E-state index contributed by atoms with van der Waals surface area (Å²) in [5, 5.41) is 0. The molecule has 0 unspecified atom stereocenters. The van der Waals surface area contributed by atoms with Gasteiger partial charge >= 0.3 is 11.9 Å². The highest BCUT2D eigenvalue weighted by molar-refractivity contribution is 5.90. The third-order valence-corrected chi connectivity index (χ3v) is 3.50. The summed E-state index contributed by atoms with van der Waals surface area (Å²) in [6.45, 7) is -0.176. The van der Waals surface area contributed by atoms with Gasteiger partial charge in [0.25, 0.3) is 0 Å². The van der Waals surface area contributed by atoms with Crippen LogP contribution in [-0.2, 0) is 20.9 Å². The highest BCUT2D eigenvalue weighted by atomic mass is 16.6. The molecule has 0 aromatic heterocycles. The number of methoxy groups -OCH3 is 3. The van der Waals surface area contributed by atoms with Gasteiger partial charge < -0.3 is 23.7 Å². The van der Waals surface area contributed by atoms with Crippen LogP contribution in [0.3, 0.4) is 0 Å². The van der Waals surface area contributed by atoms with Crippen LogP contribution in [0.15, 0.2) is 42.5 Å². The van der Waals surface area contributed by atoms with Crippen LogP contribution in [-0.4, -0.2) is 39.9 Å². The maximum Gasteiger partial charge on any atom is 0.343 e. The number of benzene rings is 2. The zero-order valence-corrected chi connectivity index (χ0v) is 14.8. The Labute approximate surface area is 151 Å². The number of carbonyl (C=O) groups excluding carboxylic acids is 2. The smallest absolute Gasteiger partial charge is 0.343 e. The largest absolute Gasteiger partial charge is 0.497 e. The summed E-state index contributed by atoms with van der Waals surface area (Å²) in [6.07, 6.45) is 0. The lowest BCUT2D eigenvalue weighted by atomic mass is 10.2. The number of hydrogen-bond donors (Lipinski definition) is 0. The Hall–Kier alpha value is -3.22. The van der Waals surface area contributed by atoms with E-state index >= 15 is 0 Å². The predicted molar refractivity (Wildman–Crippen MR) is 92.6 cm³/mol. The molecule has 2 rings (SSSR count). The molecule has 0 bridgehead atoms. The molecule has 0 atom stereocenters. The summed E-state index contributed by atoms with van der Waals surface area (Å²) < 4.78 is 25.4. The molecule has 0 N–H and O–H groups in total. The molecule has 0 heterocycles. The normalized spacial score (nSPS) is 9.96. The van der Waals surface area contributed by atoms with E-state index in [1.807, 2.05) is 12.1 Å². The first-order chi connectivity index (χ1) is 12.6. The summed E-state index contributed by atoms with van der Waals surface area (Å²) in [5.41, 5.74) is 1.11. The third kappa shape index (κ3) is 5.14. The summed E-state index contributed by atoms with van der Waals surface area (Å²) in [6, 6.07) is 11.8. The molecule has 0 saturated heterocycles. The van der Waals surface area contributed by atoms with Gasteiger partial charge in [-0.1, -0.05) is 12.1 Å². The van der Waals surface area contributed by atoms with Crippen molar-refractivity contribution < 1.29 is 33.3 Å². The Kier molecular flexibility index (Phi) is 6.84. The molecule has 0 aliphatic rings. The fourth-order valence-electron chi connectivity index (χ4n) is 2.07. The molecule has 0 radical (unpaired) electrons. The number of carbonyl (C=O) groups is 2. The second kappa shape index (κ2) is 9.31. The molecule has 7 heteroatoms. The maximum atomic E-state index is 12.3. The van der Waals surface area contributed by atoms with Crippen LogP contribution in [0.25, 0.3) is 0 Å². The molecule has 2 aromatic rings. The summed E-state index contributed by atoms with van der Waals surface area (Å²) in [5.74, 6) is 0.297. The van der Waals surface area contributed by atoms with E-state index in [0.29, 0.717) is 5.75 Å². The van der Waals surface area contributed by atoms with E-state index in [0.717, 1.165) is 11.3 Å². The number of hydrogen-bond acceptors (Lipinski definition) is 7. The number of esters is 2. The van der Waals surface area contributed by atoms with Crippen molar-refractivity contribution in [1.82, 2.24) is 0 Å². The van der Waals surface area contributed by atoms with Gasteiger partial charge in [0.05, 0.1) is 26.9 Å². The first kappa shape index (κ1) is 19.1. The monoisotopic (exact) mass is 360 g/mol. The predicted octanol–water partition coefficient (Wildman–Crippen LogP) is 2.61. The highest BCUT2D eigenvalue weighted by Gasteiger charge is 2.14. The van der Waals surface area contributed by atoms with Crippen molar-refractivity contribution in [3.8, 4) is 17.2 Å². The summed E-state index contributed by atoms with van der Waals surface area (Å²) >= 11 is 0. The van der Waals surface area contributed by atoms with E-state index in [1.54, 1.807) is 31.4 Å². The Morgan fingerprint density at radius 1 is 0.885 bits per heavy atom. The second-order valence-corrected chi connectivity index (χ2v) is 5.15. The molecule has 0 fully saturated rings. The van der Waals surface area contributed by atoms with Gasteiger partial charge in [0.1, 0.15) is 12.4 Å². The van der Waals surface area contributed by atoms with Gasteiger partial charge in [-0.2, -0.15) is 0 Å². The zero-order valence-electron chi connectivity index (χ0n) is 14.8. The van der Waals surface area contributed by atoms with E-state index in [1.165, 1.54) is 20.3 Å². The van der Waals surface area contributed by atoms with Crippen molar-refractivity contribution in [2.75, 3.05) is 27.9 Å². The highest BCUT2D eigenvalue weighted by Crippen LogP contribution is 2.28. The van der Waals surface area contributed by atoms with Crippen molar-refractivity contribution in [1.29, 1.82) is 0 Å². The molecule has 0 aliphatic carbocycles. The lowest BCUT2D eigenvalue weighted by Gasteiger charge is -2.11. The van der Waals surface area contributed by atoms with Crippen LogP contribution < -0.4 is 14.2 Å². The van der Waals surface area contributed by atoms with Crippen LogP contribution >= 0.6 is 0 Å². The average molecular weight is 360 g/mol. The lowest BCUT2D eigenvalue weighted by Crippen LogP contribution is -2.13. The van der Waals surface area contributed by atoms with Gasteiger partial charge in [-0.3, -0.25) is 0 Å². The molecular weight excluding hydrogens is 340 g/mol. The summed E-state index contributed by atoms with van der Waals surface area (Å²) in [7, 11) is 4.30. The van der Waals surface area contributed by atoms with Crippen LogP contribution in [0.5, 0.6) is 17.2 Å². The van der Waals surface area contributed by atoms with E-state index in [4.69, 9.17) is 18.9 Å². The van der Waals surface area contributed by atoms with Crippen LogP contribution in [0.1, 0.15) is 15.9 Å². The molecule has 0 aliphatic heterocycles. The van der Waals surface area contributed by atoms with E-state index < -0.39 is 11.9 Å². The Balaban J connectivity index is 2.03. The van der Waals surface area contributed by atoms with Gasteiger partial charge in [-0.15, -0.1) is 0 Å². The Bertz CT molecular complexity index is 753. The van der Waals surface area contributed by atoms with Crippen molar-refractivity contribution in [2.24, 2.45) is 0 Å². The fraction of sp³-hybridized carbons (Fsp3) is 0.263. The van der Waals surface area contributed by atoms with Crippen molar-refractivity contribution in [3.05, 3.63) is 53.6 Å². The van der Waals surface area contributed by atoms with Crippen LogP contribution in [0.4, 0.5) is 0 Å². The Morgan fingerprint density at radius 3 is 2.23 bits per heavy atom. The molecule has 0 spiro atoms. The van der Waals surface area contributed by atoms with E-state index in [-0.39, 0.29) is 24.5 Å². The van der Waals surface area contributed by atoms with Crippen molar-refractivity contribution in [2.45, 2.75) is 6.61 Å². The topological polar surface area (TPSA) is 80.3 Å². The minimum Gasteiger partial charge on any atom is -0.497 e. The first-order valence-electron chi connectivity index (χ1n) is 7.75. The lowest BCUT2D eigenvalue weighted by molar-refractivity contribution is -0.142. The van der Waals surface area contributed by atoms with E-state index in [2.05, 4.69) is 4.74 Å². The summed E-state index contributed by atoms with van der Waals surface area (Å²) in [4.78, 5) is 23.5. The standard InChI is InChI=1S/C19H20O7/c1-22-15-7-4-13(5-8-15)11-26-19(21)14-6-9-16(23-2)17(10-14)25-12-18(20)24-3/h4-10H,11-12H2,1-3H3. The van der Waals surface area contributed by atoms with Gasteiger partial charge in [0, 0.05) is 0 Å². The Morgan fingerprint density at radius 2 is 1.62 bits per heavy atom. The number of ether oxygens (including phenoxy) is 5. The number of rotatable bonds is 8. The molecule has 0 saturated carbocycles. The minimum atomic E-state index is -0.542. The third-order valence-electron chi connectivity index (χ3n) is 3.50. The van der Waals surface area contributed by atoms with Gasteiger partial charge in [-0.05, 0) is 35.9 Å². The van der Waals surface area contributed by atoms with Gasteiger partial charge in [0.15, 0.2) is 18.1 Å². The molecule has 138 valence electrons. The molecule has 26 heavy (non-hydrogen) atoms. The first-order valence-corrected chi connectivity index (χ1v) is 7.75. The second-order valence-electron chi connectivity index (χ2n) is 5.15.